The molecule has 0 fully saturated rings. The molecule has 11 heteroatoms. The largest absolute Gasteiger partial charge is 0.543 e. The van der Waals surface area contributed by atoms with Gasteiger partial charge in [0, 0.05) is 26.1 Å². The van der Waals surface area contributed by atoms with Crippen LogP contribution in [0.1, 0.15) is 12.6 Å². The summed E-state index contributed by atoms with van der Waals surface area (Å²) in [4.78, 5) is 34.8. The highest BCUT2D eigenvalue weighted by atomic mass is 19.4. The number of halogens is 4. The molecule has 1 heterocycles. The lowest BCUT2D eigenvalue weighted by atomic mass is 10.2. The number of nitrogens with zero attached hydrogens (tertiary/aromatic N) is 2. The second-order valence-electron chi connectivity index (χ2n) is 5.35. The van der Waals surface area contributed by atoms with E-state index in [9.17, 15) is 37.1 Å². The SMILES string of the molecule is Cn1c(C(F)(F)F)cc(=O)n(-c2cccc(OC(C)(F)C(=O)[O-])c2)c1=O. The van der Waals surface area contributed by atoms with Crippen molar-refractivity contribution < 1.29 is 32.2 Å². The Bertz CT molecular complexity index is 975. The van der Waals surface area contributed by atoms with Gasteiger partial charge in [-0.15, -0.1) is 0 Å². The average Bonchev–Trinajstić information content (AvgIpc) is 2.49. The van der Waals surface area contributed by atoms with Crippen LogP contribution in [0.4, 0.5) is 17.6 Å². The number of carboxylic acids is 1. The number of hydrogen-bond donors (Lipinski definition) is 0. The first kappa shape index (κ1) is 19.2. The lowest BCUT2D eigenvalue weighted by molar-refractivity contribution is -0.331. The fraction of sp³-hybridized carbons (Fsp3) is 0.267. The highest BCUT2D eigenvalue weighted by molar-refractivity contribution is 5.73. The van der Waals surface area contributed by atoms with Crippen LogP contribution in [0.5, 0.6) is 5.75 Å². The maximum absolute atomic E-state index is 13.7. The summed E-state index contributed by atoms with van der Waals surface area (Å²) in [5.41, 5.74) is -4.26. The Morgan fingerprint density at radius 3 is 2.31 bits per heavy atom. The molecule has 26 heavy (non-hydrogen) atoms. The van der Waals surface area contributed by atoms with Crippen LogP contribution in [0, 0.1) is 0 Å². The highest BCUT2D eigenvalue weighted by Gasteiger charge is 2.35. The first-order valence-corrected chi connectivity index (χ1v) is 6.94. The van der Waals surface area contributed by atoms with Crippen LogP contribution in [0.3, 0.4) is 0 Å². The number of ether oxygens (including phenoxy) is 1. The molecule has 1 unspecified atom stereocenters. The molecule has 1 atom stereocenters. The Morgan fingerprint density at radius 1 is 1.15 bits per heavy atom. The lowest BCUT2D eigenvalue weighted by Gasteiger charge is -2.23. The van der Waals surface area contributed by atoms with Crippen LogP contribution in [0.25, 0.3) is 5.69 Å². The Hall–Kier alpha value is -3.11. The third-order valence-corrected chi connectivity index (χ3v) is 3.36. The van der Waals surface area contributed by atoms with Crippen LogP contribution < -0.4 is 21.1 Å². The molecule has 2 aromatic rings. The van der Waals surface area contributed by atoms with Crippen molar-refractivity contribution in [2.75, 3.05) is 0 Å². The number of carbonyl (C=O) groups is 1. The fourth-order valence-electron chi connectivity index (χ4n) is 2.08. The Labute approximate surface area is 142 Å². The van der Waals surface area contributed by atoms with Gasteiger partial charge in [0.05, 0.1) is 5.69 Å². The molecule has 0 spiro atoms. The minimum absolute atomic E-state index is 0.232. The molecule has 0 aliphatic rings. The zero-order valence-corrected chi connectivity index (χ0v) is 13.3. The van der Waals surface area contributed by atoms with Gasteiger partial charge in [-0.2, -0.15) is 17.6 Å². The standard InChI is InChI=1S/C15H12F4N2O5/c1-14(16,12(23)24)26-9-5-3-4-8(6-9)21-11(22)7-10(15(17,18)19)20(2)13(21)25/h3-7H,1-2H3,(H,23,24)/p-1. The zero-order chi connectivity index (χ0) is 19.9. The minimum atomic E-state index is -4.92. The van der Waals surface area contributed by atoms with Crippen molar-refractivity contribution in [2.45, 2.75) is 19.0 Å². The van der Waals surface area contributed by atoms with Crippen molar-refractivity contribution >= 4 is 5.97 Å². The molecule has 7 nitrogen and oxygen atoms in total. The van der Waals surface area contributed by atoms with Gasteiger partial charge in [-0.05, 0) is 12.1 Å². The van der Waals surface area contributed by atoms with Gasteiger partial charge in [-0.3, -0.25) is 9.36 Å². The van der Waals surface area contributed by atoms with Crippen molar-refractivity contribution in [3.63, 3.8) is 0 Å². The quantitative estimate of drug-likeness (QED) is 0.720. The first-order chi connectivity index (χ1) is 11.8. The maximum Gasteiger partial charge on any atom is 0.431 e. The van der Waals surface area contributed by atoms with Crippen LogP contribution in [0.15, 0.2) is 39.9 Å². The minimum Gasteiger partial charge on any atom is -0.543 e. The molecule has 0 bridgehead atoms. The molecule has 1 aromatic heterocycles. The van der Waals surface area contributed by atoms with Crippen molar-refractivity contribution in [1.29, 1.82) is 0 Å². The van der Waals surface area contributed by atoms with Crippen LogP contribution in [0.2, 0.25) is 0 Å². The van der Waals surface area contributed by atoms with E-state index in [0.29, 0.717) is 11.5 Å². The number of carboxylic acid groups (broad SMARTS) is 1. The van der Waals surface area contributed by atoms with E-state index < -0.39 is 34.9 Å². The molecule has 1 aromatic carbocycles. The predicted octanol–water partition coefficient (Wildman–Crippen LogP) is 0.369. The van der Waals surface area contributed by atoms with Crippen molar-refractivity contribution in [2.24, 2.45) is 7.05 Å². The van der Waals surface area contributed by atoms with E-state index >= 15 is 0 Å². The normalized spacial score (nSPS) is 13.9. The Balaban J connectivity index is 2.59. The molecule has 0 amide bonds. The lowest BCUT2D eigenvalue weighted by Crippen LogP contribution is -2.46. The molecule has 0 N–H and O–H groups in total. The van der Waals surface area contributed by atoms with Gasteiger partial charge in [-0.25, -0.2) is 9.36 Å². The van der Waals surface area contributed by atoms with E-state index in [0.717, 1.165) is 19.2 Å². The van der Waals surface area contributed by atoms with E-state index in [1.54, 1.807) is 0 Å². The van der Waals surface area contributed by atoms with Gasteiger partial charge in [0.2, 0.25) is 0 Å². The molecule has 0 saturated carbocycles. The summed E-state index contributed by atoms with van der Waals surface area (Å²) in [6.07, 6.45) is -4.92. The molecule has 140 valence electrons. The zero-order valence-electron chi connectivity index (χ0n) is 13.3. The van der Waals surface area contributed by atoms with E-state index in [1.807, 2.05) is 0 Å². The average molecular weight is 375 g/mol. The summed E-state index contributed by atoms with van der Waals surface area (Å²) in [6.45, 7) is 0.568. The topological polar surface area (TPSA) is 93.4 Å². The van der Waals surface area contributed by atoms with E-state index in [4.69, 9.17) is 0 Å². The number of benzene rings is 1. The Kier molecular flexibility index (Phi) is 4.67. The highest BCUT2D eigenvalue weighted by Crippen LogP contribution is 2.27. The van der Waals surface area contributed by atoms with E-state index in [1.165, 1.54) is 12.1 Å². The summed E-state index contributed by atoms with van der Waals surface area (Å²) in [6, 6.07) is 4.66. The van der Waals surface area contributed by atoms with Gasteiger partial charge in [0.15, 0.2) is 0 Å². The van der Waals surface area contributed by atoms with Gasteiger partial charge < -0.3 is 14.6 Å². The number of carbonyl (C=O) groups excluding carboxylic acids is 1. The molecule has 0 aliphatic heterocycles. The summed E-state index contributed by atoms with van der Waals surface area (Å²) >= 11 is 0. The Morgan fingerprint density at radius 2 is 1.77 bits per heavy atom. The summed E-state index contributed by atoms with van der Waals surface area (Å²) < 4.78 is 57.4. The second kappa shape index (κ2) is 6.32. The number of aromatic nitrogens is 2. The third kappa shape index (κ3) is 3.60. The smallest absolute Gasteiger partial charge is 0.431 e. The van der Waals surface area contributed by atoms with Crippen LogP contribution in [-0.2, 0) is 18.0 Å². The van der Waals surface area contributed by atoms with Crippen molar-refractivity contribution in [3.05, 3.63) is 56.9 Å². The molecule has 0 radical (unpaired) electrons. The van der Waals surface area contributed by atoms with Crippen molar-refractivity contribution in [3.8, 4) is 11.4 Å². The molecule has 2 rings (SSSR count). The molecule has 0 aliphatic carbocycles. The van der Waals surface area contributed by atoms with Crippen LogP contribution >= 0.6 is 0 Å². The monoisotopic (exact) mass is 375 g/mol. The number of aliphatic carboxylic acids is 1. The molecular formula is C15H11F4N2O5-. The summed E-state index contributed by atoms with van der Waals surface area (Å²) in [5.74, 6) is -5.75. The molecular weight excluding hydrogens is 364 g/mol. The summed E-state index contributed by atoms with van der Waals surface area (Å²) in [5, 5.41) is 10.6. The van der Waals surface area contributed by atoms with Gasteiger partial charge in [0.1, 0.15) is 17.4 Å². The number of alkyl halides is 4. The van der Waals surface area contributed by atoms with Gasteiger partial charge >= 0.3 is 11.9 Å². The maximum atomic E-state index is 13.7. The van der Waals surface area contributed by atoms with Crippen LogP contribution in [-0.4, -0.2) is 21.0 Å². The van der Waals surface area contributed by atoms with Crippen molar-refractivity contribution in [1.82, 2.24) is 9.13 Å². The first-order valence-electron chi connectivity index (χ1n) is 6.94. The number of hydrogen-bond acceptors (Lipinski definition) is 5. The third-order valence-electron chi connectivity index (χ3n) is 3.36. The van der Waals surface area contributed by atoms with E-state index in [2.05, 4.69) is 4.74 Å². The van der Waals surface area contributed by atoms with Gasteiger partial charge in [0.25, 0.3) is 11.4 Å². The predicted molar refractivity (Wildman–Crippen MR) is 77.4 cm³/mol. The van der Waals surface area contributed by atoms with E-state index in [-0.39, 0.29) is 22.1 Å². The second-order valence-corrected chi connectivity index (χ2v) is 5.35. The molecule has 0 saturated heterocycles. The van der Waals surface area contributed by atoms with Gasteiger partial charge in [-0.1, -0.05) is 6.07 Å². The summed E-state index contributed by atoms with van der Waals surface area (Å²) in [7, 11) is 0.830. The number of rotatable bonds is 4. The fourth-order valence-corrected chi connectivity index (χ4v) is 2.08.